The lowest BCUT2D eigenvalue weighted by atomic mass is 9.31. The number of nitriles is 1. The van der Waals surface area contributed by atoms with Gasteiger partial charge >= 0.3 is 5.97 Å². The number of carboxylic acid groups (broad SMARTS) is 1. The molecule has 3 saturated heterocycles. The second kappa shape index (κ2) is 8.34. The Morgan fingerprint density at radius 2 is 2.16 bits per heavy atom. The Labute approximate surface area is 178 Å². The first kappa shape index (κ1) is 20.8. The third kappa shape index (κ3) is 3.83. The molecule has 0 amide bonds. The number of aromatic nitrogens is 4. The number of halogens is 1. The van der Waals surface area contributed by atoms with Gasteiger partial charge in [-0.15, -0.1) is 0 Å². The largest absolute Gasteiger partial charge is 0.481 e. The zero-order valence-corrected chi connectivity index (χ0v) is 17.1. The number of pyridine rings is 1. The maximum Gasteiger partial charge on any atom is 0.306 e. The van der Waals surface area contributed by atoms with Crippen LogP contribution in [0.25, 0.3) is 22.3 Å². The van der Waals surface area contributed by atoms with E-state index < -0.39 is 11.8 Å². The van der Waals surface area contributed by atoms with Crippen LogP contribution in [0.2, 0.25) is 19.0 Å². The number of nitrogens with one attached hydrogen (secondary N) is 1. The first-order chi connectivity index (χ1) is 14.9. The topological polar surface area (TPSA) is 142 Å². The minimum Gasteiger partial charge on any atom is -0.481 e. The average molecular weight is 420 g/mol. The summed E-state index contributed by atoms with van der Waals surface area (Å²) in [6, 6.07) is 1.97. The quantitative estimate of drug-likeness (QED) is 0.539. The van der Waals surface area contributed by atoms with Gasteiger partial charge in [-0.2, -0.15) is 5.26 Å². The van der Waals surface area contributed by atoms with Gasteiger partial charge in [0.2, 0.25) is 0 Å². The summed E-state index contributed by atoms with van der Waals surface area (Å²) in [6.45, 7) is 2.24. The van der Waals surface area contributed by atoms with Gasteiger partial charge in [-0.3, -0.25) is 4.79 Å². The van der Waals surface area contributed by atoms with Crippen LogP contribution in [0.15, 0.2) is 18.7 Å². The number of carbonyl (C=O) groups is 1. The van der Waals surface area contributed by atoms with Gasteiger partial charge in [0.15, 0.2) is 11.6 Å². The van der Waals surface area contributed by atoms with Crippen molar-refractivity contribution in [3.05, 3.63) is 35.7 Å². The van der Waals surface area contributed by atoms with E-state index in [1.54, 1.807) is 12.4 Å². The molecule has 4 N–H and O–H groups in total. The number of nitrogen functional groups attached to an aromatic ring is 1. The second-order valence-electron chi connectivity index (χ2n) is 8.22. The normalized spacial score (nSPS) is 19.6. The lowest BCUT2D eigenvalue weighted by Gasteiger charge is -2.38. The fraction of sp³-hybridized carbons (Fsp3) is 0.381. The first-order valence-corrected chi connectivity index (χ1v) is 10.3. The molecule has 6 heterocycles. The van der Waals surface area contributed by atoms with Gasteiger partial charge in [0.1, 0.15) is 24.8 Å². The van der Waals surface area contributed by atoms with Crippen molar-refractivity contribution in [2.24, 2.45) is 11.8 Å². The van der Waals surface area contributed by atoms with Gasteiger partial charge in [-0.1, -0.05) is 31.8 Å². The summed E-state index contributed by atoms with van der Waals surface area (Å²) in [6.07, 6.45) is 10.5. The number of aliphatic carboxylic acids is 1. The van der Waals surface area contributed by atoms with Crippen LogP contribution in [0.3, 0.4) is 0 Å². The third-order valence-corrected chi connectivity index (χ3v) is 6.49. The molecule has 158 valence electrons. The first-order valence-electron chi connectivity index (χ1n) is 10.3. The smallest absolute Gasteiger partial charge is 0.306 e. The highest BCUT2D eigenvalue weighted by Crippen LogP contribution is 2.42. The number of fused-ring (bicyclic) bond motifs is 4. The Kier molecular flexibility index (Phi) is 5.59. The van der Waals surface area contributed by atoms with E-state index in [2.05, 4.69) is 19.9 Å². The Morgan fingerprint density at radius 1 is 1.42 bits per heavy atom. The molecule has 31 heavy (non-hydrogen) atoms. The van der Waals surface area contributed by atoms with Gasteiger partial charge in [-0.05, 0) is 12.8 Å². The van der Waals surface area contributed by atoms with Crippen LogP contribution in [0.5, 0.6) is 0 Å². The highest BCUT2D eigenvalue weighted by atomic mass is 19.1. The Balaban J connectivity index is 0.000000177. The molecule has 8 nitrogen and oxygen atoms in total. The van der Waals surface area contributed by atoms with E-state index >= 15 is 0 Å². The molecule has 0 spiro atoms. The molecule has 3 aromatic rings. The van der Waals surface area contributed by atoms with Crippen molar-refractivity contribution in [3.63, 3.8) is 0 Å². The molecule has 0 aromatic carbocycles. The number of anilines is 1. The predicted molar refractivity (Wildman–Crippen MR) is 115 cm³/mol. The van der Waals surface area contributed by atoms with Crippen LogP contribution in [0.4, 0.5) is 10.2 Å². The van der Waals surface area contributed by atoms with Gasteiger partial charge < -0.3 is 15.8 Å². The van der Waals surface area contributed by atoms with Gasteiger partial charge in [0, 0.05) is 28.9 Å². The Bertz CT molecular complexity index is 1180. The van der Waals surface area contributed by atoms with Crippen LogP contribution in [0, 0.1) is 35.9 Å². The van der Waals surface area contributed by atoms with Gasteiger partial charge in [0.05, 0.1) is 17.2 Å². The number of hydrogen-bond acceptors (Lipinski definition) is 6. The number of rotatable bonds is 2. The minimum atomic E-state index is -0.665. The molecule has 1 atom stereocenters. The summed E-state index contributed by atoms with van der Waals surface area (Å²) in [5.74, 6) is -0.941. The van der Waals surface area contributed by atoms with E-state index in [0.717, 1.165) is 13.0 Å². The molecule has 0 radical (unpaired) electrons. The van der Waals surface area contributed by atoms with Crippen molar-refractivity contribution in [3.8, 4) is 17.3 Å². The molecule has 2 bridgehead atoms. The van der Waals surface area contributed by atoms with Crippen LogP contribution >= 0.6 is 0 Å². The highest BCUT2D eigenvalue weighted by Gasteiger charge is 2.40. The SMILES string of the molecule is Cc1c(F)c(N)nc(-c2c[nH]c3ncncc23)c1C#N.O=C(O)C1CB2CCC1CC2. The summed E-state index contributed by atoms with van der Waals surface area (Å²) in [5.41, 5.74) is 7.45. The van der Waals surface area contributed by atoms with Gasteiger partial charge in [-0.25, -0.2) is 19.3 Å². The van der Waals surface area contributed by atoms with E-state index in [1.807, 2.05) is 6.07 Å². The number of nitrogens with zero attached hydrogens (tertiary/aromatic N) is 4. The summed E-state index contributed by atoms with van der Waals surface area (Å²) < 4.78 is 13.7. The molecular weight excluding hydrogens is 398 g/mol. The summed E-state index contributed by atoms with van der Waals surface area (Å²) >= 11 is 0. The van der Waals surface area contributed by atoms with E-state index in [1.165, 1.54) is 38.7 Å². The Morgan fingerprint density at radius 3 is 2.74 bits per heavy atom. The summed E-state index contributed by atoms with van der Waals surface area (Å²) in [7, 11) is 0. The molecule has 10 heteroatoms. The van der Waals surface area contributed by atoms with Crippen molar-refractivity contribution < 1.29 is 14.3 Å². The Hall–Kier alpha value is -3.48. The fourth-order valence-electron chi connectivity index (χ4n) is 4.77. The third-order valence-electron chi connectivity index (χ3n) is 6.49. The molecule has 1 unspecified atom stereocenters. The number of nitrogens with two attached hydrogens (primary N) is 1. The summed E-state index contributed by atoms with van der Waals surface area (Å²) in [5, 5.41) is 18.8. The molecule has 3 aliphatic rings. The van der Waals surface area contributed by atoms with Crippen LogP contribution in [-0.2, 0) is 4.79 Å². The highest BCUT2D eigenvalue weighted by molar-refractivity contribution is 6.59. The second-order valence-corrected chi connectivity index (χ2v) is 8.22. The summed E-state index contributed by atoms with van der Waals surface area (Å²) in [4.78, 5) is 25.7. The van der Waals surface area contributed by atoms with E-state index in [-0.39, 0.29) is 22.9 Å². The van der Waals surface area contributed by atoms with Crippen LogP contribution in [-0.4, -0.2) is 37.7 Å². The molecule has 3 aliphatic heterocycles. The van der Waals surface area contributed by atoms with Crippen LogP contribution in [0.1, 0.15) is 24.0 Å². The predicted octanol–water partition coefficient (Wildman–Crippen LogP) is 3.53. The maximum absolute atomic E-state index is 13.7. The molecule has 3 aromatic heterocycles. The van der Waals surface area contributed by atoms with Crippen molar-refractivity contribution in [2.45, 2.75) is 38.7 Å². The minimum absolute atomic E-state index is 0.00231. The molecule has 0 saturated carbocycles. The monoisotopic (exact) mass is 420 g/mol. The van der Waals surface area contributed by atoms with Crippen molar-refractivity contribution in [1.82, 2.24) is 19.9 Å². The fourth-order valence-corrected chi connectivity index (χ4v) is 4.77. The van der Waals surface area contributed by atoms with E-state index in [0.29, 0.717) is 28.2 Å². The van der Waals surface area contributed by atoms with E-state index in [4.69, 9.17) is 10.8 Å². The molecule has 6 rings (SSSR count). The standard InChI is InChI=1S/C13H9FN6.C8H13BO2/c1-6-7(2-15)11(20-12(16)10(6)14)8-4-18-13-9(8)3-17-5-19-13;10-8(11)7-5-9-3-1-6(7)2-4-9/h3-5H,1H3,(H2,16,20)(H,17,18,19);6-7H,1-5H2,(H,10,11). The lowest BCUT2D eigenvalue weighted by Crippen LogP contribution is -2.39. The van der Waals surface area contributed by atoms with Crippen molar-refractivity contribution in [2.75, 3.05) is 5.73 Å². The zero-order valence-electron chi connectivity index (χ0n) is 17.1. The number of carboxylic acids is 1. The molecular formula is C21H22BFN6O2. The van der Waals surface area contributed by atoms with Gasteiger partial charge in [0.25, 0.3) is 0 Å². The molecule has 0 aliphatic carbocycles. The number of hydrogen-bond donors (Lipinski definition) is 3. The zero-order chi connectivity index (χ0) is 22.1. The maximum atomic E-state index is 13.7. The number of H-pyrrole nitrogens is 1. The van der Waals surface area contributed by atoms with E-state index in [9.17, 15) is 14.4 Å². The van der Waals surface area contributed by atoms with Crippen molar-refractivity contribution >= 4 is 29.5 Å². The molecule has 3 fully saturated rings. The van der Waals surface area contributed by atoms with Crippen LogP contribution < -0.4 is 5.73 Å². The lowest BCUT2D eigenvalue weighted by molar-refractivity contribution is -0.143. The number of aromatic amines is 1. The van der Waals surface area contributed by atoms with Crippen molar-refractivity contribution in [1.29, 1.82) is 5.26 Å². The average Bonchev–Trinajstić information content (AvgIpc) is 3.22.